The summed E-state index contributed by atoms with van der Waals surface area (Å²) < 4.78 is 21.2. The molecule has 4 aromatic rings. The molecule has 2 heterocycles. The van der Waals surface area contributed by atoms with Crippen LogP contribution in [-0.2, 0) is 13.1 Å². The molecule has 0 radical (unpaired) electrons. The van der Waals surface area contributed by atoms with E-state index in [1.165, 1.54) is 6.07 Å². The monoisotopic (exact) mass is 445 g/mol. The number of hydrogen-bond acceptors (Lipinski definition) is 3. The van der Waals surface area contributed by atoms with Crippen molar-refractivity contribution in [1.82, 2.24) is 15.2 Å². The SMILES string of the molecule is Cc1cc(C(=O)NCc2cccc(C(=O)NCc3ccco3)c2)c(C)n1-c1ccccc1F. The fourth-order valence-electron chi connectivity index (χ4n) is 3.78. The van der Waals surface area contributed by atoms with Crippen molar-refractivity contribution in [3.8, 4) is 5.69 Å². The van der Waals surface area contributed by atoms with Crippen LogP contribution in [0.4, 0.5) is 4.39 Å². The average molecular weight is 445 g/mol. The second kappa shape index (κ2) is 9.56. The van der Waals surface area contributed by atoms with Crippen LogP contribution in [0.15, 0.2) is 77.4 Å². The van der Waals surface area contributed by atoms with E-state index in [9.17, 15) is 14.0 Å². The number of halogens is 1. The van der Waals surface area contributed by atoms with Crippen molar-refractivity contribution in [1.29, 1.82) is 0 Å². The molecule has 0 aliphatic carbocycles. The number of carbonyl (C=O) groups excluding carboxylic acids is 2. The lowest BCUT2D eigenvalue weighted by atomic mass is 10.1. The molecule has 0 saturated heterocycles. The predicted molar refractivity (Wildman–Crippen MR) is 123 cm³/mol. The van der Waals surface area contributed by atoms with Gasteiger partial charge in [0.2, 0.25) is 0 Å². The summed E-state index contributed by atoms with van der Waals surface area (Å²) in [5, 5.41) is 5.69. The molecule has 2 aromatic heterocycles. The minimum Gasteiger partial charge on any atom is -0.467 e. The van der Waals surface area contributed by atoms with Gasteiger partial charge in [-0.3, -0.25) is 9.59 Å². The first kappa shape index (κ1) is 22.1. The number of amides is 2. The lowest BCUT2D eigenvalue weighted by Gasteiger charge is -2.11. The van der Waals surface area contributed by atoms with E-state index in [-0.39, 0.29) is 24.2 Å². The topological polar surface area (TPSA) is 76.3 Å². The van der Waals surface area contributed by atoms with Crippen molar-refractivity contribution >= 4 is 11.8 Å². The van der Waals surface area contributed by atoms with E-state index in [1.54, 1.807) is 72.4 Å². The third kappa shape index (κ3) is 4.87. The maximum absolute atomic E-state index is 14.3. The molecule has 0 saturated carbocycles. The molecule has 2 N–H and O–H groups in total. The summed E-state index contributed by atoms with van der Waals surface area (Å²) in [6.07, 6.45) is 1.55. The van der Waals surface area contributed by atoms with Crippen LogP contribution in [-0.4, -0.2) is 16.4 Å². The Kier molecular flexibility index (Phi) is 6.40. The van der Waals surface area contributed by atoms with E-state index in [4.69, 9.17) is 4.42 Å². The van der Waals surface area contributed by atoms with Gasteiger partial charge in [0.25, 0.3) is 11.8 Å². The molecule has 0 aliphatic heterocycles. The molecule has 0 fully saturated rings. The Balaban J connectivity index is 1.43. The third-order valence-electron chi connectivity index (χ3n) is 5.41. The quantitative estimate of drug-likeness (QED) is 0.433. The van der Waals surface area contributed by atoms with Crippen LogP contribution in [0.1, 0.15) is 43.4 Å². The van der Waals surface area contributed by atoms with Gasteiger partial charge in [0.1, 0.15) is 11.6 Å². The Labute approximate surface area is 191 Å². The Morgan fingerprint density at radius 3 is 2.45 bits per heavy atom. The predicted octanol–water partition coefficient (Wildman–Crippen LogP) is 4.69. The van der Waals surface area contributed by atoms with Crippen molar-refractivity contribution in [3.63, 3.8) is 0 Å². The zero-order valence-electron chi connectivity index (χ0n) is 18.4. The standard InChI is InChI=1S/C26H24FN3O3/c1-17-13-22(18(2)30(17)24-11-4-3-10-23(24)27)26(32)28-15-19-7-5-8-20(14-19)25(31)29-16-21-9-6-12-33-21/h3-14H,15-16H2,1-2H3,(H,28,32)(H,29,31). The number of carbonyl (C=O) groups is 2. The van der Waals surface area contributed by atoms with Crippen molar-refractivity contribution in [2.75, 3.05) is 0 Å². The van der Waals surface area contributed by atoms with Gasteiger partial charge in [-0.2, -0.15) is 0 Å². The second-order valence-electron chi connectivity index (χ2n) is 7.72. The number of aryl methyl sites for hydroxylation is 1. The Hall–Kier alpha value is -4.13. The summed E-state index contributed by atoms with van der Waals surface area (Å²) in [7, 11) is 0. The van der Waals surface area contributed by atoms with E-state index >= 15 is 0 Å². The van der Waals surface area contributed by atoms with Gasteiger partial charge >= 0.3 is 0 Å². The van der Waals surface area contributed by atoms with Gasteiger partial charge in [-0.25, -0.2) is 4.39 Å². The summed E-state index contributed by atoms with van der Waals surface area (Å²) in [6, 6.07) is 18.8. The minimum atomic E-state index is -0.353. The average Bonchev–Trinajstić information content (AvgIpc) is 3.44. The van der Waals surface area contributed by atoms with Crippen LogP contribution in [0.2, 0.25) is 0 Å². The maximum Gasteiger partial charge on any atom is 0.253 e. The first-order valence-electron chi connectivity index (χ1n) is 10.6. The van der Waals surface area contributed by atoms with Crippen LogP contribution in [0.5, 0.6) is 0 Å². The molecular formula is C26H24FN3O3. The number of nitrogens with zero attached hydrogens (tertiary/aromatic N) is 1. The fraction of sp³-hybridized carbons (Fsp3) is 0.154. The van der Waals surface area contributed by atoms with E-state index in [0.29, 0.717) is 34.8 Å². The van der Waals surface area contributed by atoms with Crippen LogP contribution < -0.4 is 10.6 Å². The van der Waals surface area contributed by atoms with E-state index < -0.39 is 0 Å². The summed E-state index contributed by atoms with van der Waals surface area (Å²) >= 11 is 0. The van der Waals surface area contributed by atoms with Crippen molar-refractivity contribution in [3.05, 3.63) is 113 Å². The van der Waals surface area contributed by atoms with Crippen molar-refractivity contribution < 1.29 is 18.4 Å². The van der Waals surface area contributed by atoms with E-state index in [1.807, 2.05) is 13.0 Å². The zero-order chi connectivity index (χ0) is 23.4. The third-order valence-corrected chi connectivity index (χ3v) is 5.41. The number of rotatable bonds is 7. The molecule has 2 aromatic carbocycles. The first-order valence-corrected chi connectivity index (χ1v) is 10.6. The van der Waals surface area contributed by atoms with Gasteiger partial charge in [0.05, 0.1) is 24.1 Å². The highest BCUT2D eigenvalue weighted by Crippen LogP contribution is 2.23. The summed E-state index contributed by atoms with van der Waals surface area (Å²) in [5.41, 5.74) is 3.57. The molecular weight excluding hydrogens is 421 g/mol. The fourth-order valence-corrected chi connectivity index (χ4v) is 3.78. The van der Waals surface area contributed by atoms with Crippen molar-refractivity contribution in [2.45, 2.75) is 26.9 Å². The molecule has 0 bridgehead atoms. The van der Waals surface area contributed by atoms with Crippen molar-refractivity contribution in [2.24, 2.45) is 0 Å². The molecule has 0 atom stereocenters. The Morgan fingerprint density at radius 1 is 0.909 bits per heavy atom. The highest BCUT2D eigenvalue weighted by molar-refractivity contribution is 5.96. The van der Waals surface area contributed by atoms with Gasteiger partial charge in [-0.1, -0.05) is 24.3 Å². The lowest BCUT2D eigenvalue weighted by molar-refractivity contribution is 0.0943. The lowest BCUT2D eigenvalue weighted by Crippen LogP contribution is -2.24. The Bertz CT molecular complexity index is 1290. The highest BCUT2D eigenvalue weighted by atomic mass is 19.1. The highest BCUT2D eigenvalue weighted by Gasteiger charge is 2.18. The van der Waals surface area contributed by atoms with Gasteiger partial charge < -0.3 is 19.6 Å². The van der Waals surface area contributed by atoms with Crippen LogP contribution >= 0.6 is 0 Å². The number of aromatic nitrogens is 1. The summed E-state index contributed by atoms with van der Waals surface area (Å²) in [5.74, 6) is -0.181. The largest absolute Gasteiger partial charge is 0.467 e. The molecule has 6 nitrogen and oxygen atoms in total. The zero-order valence-corrected chi connectivity index (χ0v) is 18.4. The van der Waals surface area contributed by atoms with Crippen LogP contribution in [0, 0.1) is 19.7 Å². The number of hydrogen-bond donors (Lipinski definition) is 2. The minimum absolute atomic E-state index is 0.229. The number of furan rings is 1. The van der Waals surface area contributed by atoms with E-state index in [0.717, 1.165) is 11.3 Å². The summed E-state index contributed by atoms with van der Waals surface area (Å²) in [4.78, 5) is 25.3. The molecule has 0 unspecified atom stereocenters. The Morgan fingerprint density at radius 2 is 1.70 bits per heavy atom. The number of benzene rings is 2. The normalized spacial score (nSPS) is 10.8. The van der Waals surface area contributed by atoms with Gasteiger partial charge in [-0.05, 0) is 61.9 Å². The van der Waals surface area contributed by atoms with Crippen LogP contribution in [0.25, 0.3) is 5.69 Å². The molecule has 2 amide bonds. The second-order valence-corrected chi connectivity index (χ2v) is 7.72. The maximum atomic E-state index is 14.3. The number of nitrogens with one attached hydrogen (secondary N) is 2. The number of para-hydroxylation sites is 1. The van der Waals surface area contributed by atoms with Gasteiger partial charge in [0, 0.05) is 23.5 Å². The molecule has 0 aliphatic rings. The van der Waals surface area contributed by atoms with Gasteiger partial charge in [-0.15, -0.1) is 0 Å². The molecule has 0 spiro atoms. The molecule has 4 rings (SSSR count). The molecule has 168 valence electrons. The van der Waals surface area contributed by atoms with Crippen LogP contribution in [0.3, 0.4) is 0 Å². The smallest absolute Gasteiger partial charge is 0.253 e. The summed E-state index contributed by atoms with van der Waals surface area (Å²) in [6.45, 7) is 4.17. The molecule has 33 heavy (non-hydrogen) atoms. The first-order chi connectivity index (χ1) is 15.9. The molecule has 7 heteroatoms. The van der Waals surface area contributed by atoms with E-state index in [2.05, 4.69) is 10.6 Å². The van der Waals surface area contributed by atoms with Gasteiger partial charge in [0.15, 0.2) is 0 Å².